The molecule has 3 heteroatoms. The number of carbonyl (C=O) groups is 1. The Balaban J connectivity index is 2.34. The van der Waals surface area contributed by atoms with Crippen LogP contribution in [0.25, 0.3) is 0 Å². The lowest BCUT2D eigenvalue weighted by Gasteiger charge is -2.23. The van der Waals surface area contributed by atoms with Crippen LogP contribution in [0.1, 0.15) is 16.7 Å². The number of fused-ring (bicyclic) bond motifs is 1. The van der Waals surface area contributed by atoms with Crippen LogP contribution in [0.15, 0.2) is 12.1 Å². The maximum Gasteiger partial charge on any atom is 0.310 e. The molecule has 80 valence electrons. The second kappa shape index (κ2) is 3.57. The maximum atomic E-state index is 10.8. The number of carboxylic acids is 1. The van der Waals surface area contributed by atoms with Gasteiger partial charge in [0.15, 0.2) is 0 Å². The number of hydrogen-bond donors (Lipinski definition) is 1. The molecule has 0 saturated heterocycles. The van der Waals surface area contributed by atoms with Gasteiger partial charge in [-0.1, -0.05) is 6.07 Å². The first-order chi connectivity index (χ1) is 7.08. The summed E-state index contributed by atoms with van der Waals surface area (Å²) in [4.78, 5) is 10.8. The molecule has 15 heavy (non-hydrogen) atoms. The molecule has 0 fully saturated rings. The highest BCUT2D eigenvalue weighted by molar-refractivity contribution is 5.71. The van der Waals surface area contributed by atoms with Crippen LogP contribution in [-0.4, -0.2) is 17.7 Å². The topological polar surface area (TPSA) is 46.5 Å². The molecule has 1 aromatic rings. The van der Waals surface area contributed by atoms with Crippen LogP contribution in [0.5, 0.6) is 5.75 Å². The molecular formula is C12H14O3. The van der Waals surface area contributed by atoms with Gasteiger partial charge in [0.2, 0.25) is 0 Å². The first-order valence-corrected chi connectivity index (χ1v) is 5.03. The van der Waals surface area contributed by atoms with E-state index in [1.807, 2.05) is 26.0 Å². The van der Waals surface area contributed by atoms with Crippen LogP contribution in [0, 0.1) is 19.8 Å². The van der Waals surface area contributed by atoms with Crippen molar-refractivity contribution in [3.8, 4) is 5.75 Å². The molecule has 1 unspecified atom stereocenters. The number of rotatable bonds is 1. The number of hydrogen-bond acceptors (Lipinski definition) is 2. The molecule has 3 nitrogen and oxygen atoms in total. The maximum absolute atomic E-state index is 10.8. The molecule has 0 amide bonds. The minimum absolute atomic E-state index is 0.283. The molecule has 0 aliphatic carbocycles. The van der Waals surface area contributed by atoms with Crippen LogP contribution in [0.4, 0.5) is 0 Å². The lowest BCUT2D eigenvalue weighted by atomic mass is 9.94. The molecule has 2 rings (SSSR count). The number of ether oxygens (including phenoxy) is 1. The second-order valence-corrected chi connectivity index (χ2v) is 4.09. The standard InChI is InChI=1S/C12H14O3/c1-7-3-9-5-10(12(13)14)6-15-11(9)4-8(7)2/h3-4,10H,5-6H2,1-2H3,(H,13,14). The summed E-state index contributed by atoms with van der Waals surface area (Å²) in [7, 11) is 0. The fourth-order valence-corrected chi connectivity index (χ4v) is 1.82. The van der Waals surface area contributed by atoms with Crippen LogP contribution in [-0.2, 0) is 11.2 Å². The SMILES string of the molecule is Cc1cc2c(cc1C)OCC(C(=O)O)C2. The zero-order valence-electron chi connectivity index (χ0n) is 8.91. The summed E-state index contributed by atoms with van der Waals surface area (Å²) in [6.45, 7) is 4.34. The van der Waals surface area contributed by atoms with Crippen molar-refractivity contribution < 1.29 is 14.6 Å². The Labute approximate surface area is 88.7 Å². The fraction of sp³-hybridized carbons (Fsp3) is 0.417. The van der Waals surface area contributed by atoms with E-state index in [2.05, 4.69) is 0 Å². The molecule has 1 aromatic carbocycles. The fourth-order valence-electron chi connectivity index (χ4n) is 1.82. The summed E-state index contributed by atoms with van der Waals surface area (Å²) < 4.78 is 5.45. The zero-order valence-corrected chi connectivity index (χ0v) is 8.91. The molecule has 0 saturated carbocycles. The third kappa shape index (κ3) is 1.82. The highest BCUT2D eigenvalue weighted by Gasteiger charge is 2.25. The third-order valence-electron chi connectivity index (χ3n) is 2.93. The van der Waals surface area contributed by atoms with E-state index in [1.165, 1.54) is 11.1 Å². The van der Waals surface area contributed by atoms with Crippen molar-refractivity contribution in [2.24, 2.45) is 5.92 Å². The van der Waals surface area contributed by atoms with Gasteiger partial charge in [0.1, 0.15) is 12.4 Å². The van der Waals surface area contributed by atoms with Crippen molar-refractivity contribution in [3.63, 3.8) is 0 Å². The summed E-state index contributed by atoms with van der Waals surface area (Å²) in [6.07, 6.45) is 0.575. The lowest BCUT2D eigenvalue weighted by Crippen LogP contribution is -2.27. The summed E-state index contributed by atoms with van der Waals surface area (Å²) >= 11 is 0. The van der Waals surface area contributed by atoms with E-state index in [4.69, 9.17) is 9.84 Å². The molecule has 0 spiro atoms. The van der Waals surface area contributed by atoms with Gasteiger partial charge in [-0.15, -0.1) is 0 Å². The molecule has 1 N–H and O–H groups in total. The largest absolute Gasteiger partial charge is 0.492 e. The van der Waals surface area contributed by atoms with Crippen molar-refractivity contribution in [1.29, 1.82) is 0 Å². The first-order valence-electron chi connectivity index (χ1n) is 5.03. The van der Waals surface area contributed by atoms with Crippen molar-refractivity contribution >= 4 is 5.97 Å². The zero-order chi connectivity index (χ0) is 11.0. The third-order valence-corrected chi connectivity index (χ3v) is 2.93. The van der Waals surface area contributed by atoms with Crippen LogP contribution in [0.2, 0.25) is 0 Å². The minimum Gasteiger partial charge on any atom is -0.492 e. The van der Waals surface area contributed by atoms with Gasteiger partial charge >= 0.3 is 5.97 Å². The van der Waals surface area contributed by atoms with Crippen molar-refractivity contribution in [2.75, 3.05) is 6.61 Å². The highest BCUT2D eigenvalue weighted by Crippen LogP contribution is 2.30. The van der Waals surface area contributed by atoms with E-state index in [9.17, 15) is 4.79 Å². The van der Waals surface area contributed by atoms with E-state index < -0.39 is 11.9 Å². The Morgan fingerprint density at radius 2 is 2.07 bits per heavy atom. The van der Waals surface area contributed by atoms with Gasteiger partial charge in [0.25, 0.3) is 0 Å². The highest BCUT2D eigenvalue weighted by atomic mass is 16.5. The molecule has 1 aliphatic rings. The summed E-state index contributed by atoms with van der Waals surface area (Å²) in [5, 5.41) is 8.91. The van der Waals surface area contributed by atoms with Gasteiger partial charge in [0.05, 0.1) is 5.92 Å². The summed E-state index contributed by atoms with van der Waals surface area (Å²) in [5.41, 5.74) is 3.38. The number of aliphatic carboxylic acids is 1. The summed E-state index contributed by atoms with van der Waals surface area (Å²) in [5.74, 6) is -0.339. The van der Waals surface area contributed by atoms with E-state index in [-0.39, 0.29) is 6.61 Å². The van der Waals surface area contributed by atoms with E-state index in [0.717, 1.165) is 11.3 Å². The molecule has 1 aliphatic heterocycles. The molecular weight excluding hydrogens is 192 g/mol. The Hall–Kier alpha value is -1.51. The second-order valence-electron chi connectivity index (χ2n) is 4.09. The normalized spacial score (nSPS) is 19.2. The van der Waals surface area contributed by atoms with Gasteiger partial charge in [0, 0.05) is 0 Å². The Morgan fingerprint density at radius 1 is 1.40 bits per heavy atom. The van der Waals surface area contributed by atoms with Crippen LogP contribution < -0.4 is 4.74 Å². The summed E-state index contributed by atoms with van der Waals surface area (Å²) in [6, 6.07) is 4.02. The lowest BCUT2D eigenvalue weighted by molar-refractivity contribution is -0.143. The van der Waals surface area contributed by atoms with Crippen molar-refractivity contribution in [2.45, 2.75) is 20.3 Å². The van der Waals surface area contributed by atoms with Crippen molar-refractivity contribution in [3.05, 3.63) is 28.8 Å². The van der Waals surface area contributed by atoms with Gasteiger partial charge in [-0.3, -0.25) is 4.79 Å². The quantitative estimate of drug-likeness (QED) is 0.763. The number of benzene rings is 1. The molecule has 1 atom stereocenters. The van der Waals surface area contributed by atoms with E-state index in [1.54, 1.807) is 0 Å². The molecule has 0 radical (unpaired) electrons. The average molecular weight is 206 g/mol. The van der Waals surface area contributed by atoms with E-state index in [0.29, 0.717) is 6.42 Å². The first kappa shape index (κ1) is 10.0. The minimum atomic E-state index is -0.779. The van der Waals surface area contributed by atoms with Gasteiger partial charge in [-0.25, -0.2) is 0 Å². The van der Waals surface area contributed by atoms with Gasteiger partial charge in [-0.05, 0) is 43.0 Å². The van der Waals surface area contributed by atoms with E-state index >= 15 is 0 Å². The monoisotopic (exact) mass is 206 g/mol. The average Bonchev–Trinajstić information content (AvgIpc) is 2.19. The molecule has 0 bridgehead atoms. The Kier molecular flexibility index (Phi) is 2.39. The predicted molar refractivity (Wildman–Crippen MR) is 56.2 cm³/mol. The number of carboxylic acid groups (broad SMARTS) is 1. The van der Waals surface area contributed by atoms with Crippen molar-refractivity contribution in [1.82, 2.24) is 0 Å². The Morgan fingerprint density at radius 3 is 2.73 bits per heavy atom. The Bertz CT molecular complexity index is 410. The molecule has 1 heterocycles. The molecule has 0 aromatic heterocycles. The van der Waals surface area contributed by atoms with Gasteiger partial charge in [-0.2, -0.15) is 0 Å². The predicted octanol–water partition coefficient (Wildman–Crippen LogP) is 1.94. The van der Waals surface area contributed by atoms with Crippen LogP contribution >= 0.6 is 0 Å². The number of aryl methyl sites for hydroxylation is 2. The smallest absolute Gasteiger partial charge is 0.310 e. The van der Waals surface area contributed by atoms with Crippen LogP contribution in [0.3, 0.4) is 0 Å². The van der Waals surface area contributed by atoms with Gasteiger partial charge < -0.3 is 9.84 Å².